The van der Waals surface area contributed by atoms with Gasteiger partial charge in [-0.2, -0.15) is 0 Å². The number of amides is 1. The topological polar surface area (TPSA) is 49.3 Å². The first-order valence-electron chi connectivity index (χ1n) is 5.82. The third-order valence-electron chi connectivity index (χ3n) is 2.95. The zero-order chi connectivity index (χ0) is 11.1. The van der Waals surface area contributed by atoms with Crippen LogP contribution in [-0.2, 0) is 4.79 Å². The highest BCUT2D eigenvalue weighted by atomic mass is 16.3. The summed E-state index contributed by atoms with van der Waals surface area (Å²) in [5, 5.41) is 11.8. The van der Waals surface area contributed by atoms with Crippen LogP contribution in [0.4, 0.5) is 0 Å². The molecule has 0 radical (unpaired) electrons. The Kier molecular flexibility index (Phi) is 5.22. The van der Waals surface area contributed by atoms with Gasteiger partial charge in [-0.3, -0.25) is 4.79 Å². The van der Waals surface area contributed by atoms with Crippen LogP contribution in [0.1, 0.15) is 44.9 Å². The Morgan fingerprint density at radius 3 is 2.53 bits per heavy atom. The van der Waals surface area contributed by atoms with Crippen LogP contribution >= 0.6 is 0 Å². The largest absolute Gasteiger partial charge is 0.513 e. The zero-order valence-electron chi connectivity index (χ0n) is 9.30. The maximum absolute atomic E-state index is 11.3. The van der Waals surface area contributed by atoms with Crippen LogP contribution in [0.2, 0.25) is 0 Å². The van der Waals surface area contributed by atoms with E-state index in [0.717, 1.165) is 6.54 Å². The first-order valence-corrected chi connectivity index (χ1v) is 5.82. The first kappa shape index (κ1) is 12.1. The highest BCUT2D eigenvalue weighted by Crippen LogP contribution is 2.22. The van der Waals surface area contributed by atoms with Crippen LogP contribution in [0.25, 0.3) is 0 Å². The number of carbonyl (C=O) groups excluding carboxylic acids is 1. The van der Waals surface area contributed by atoms with Crippen LogP contribution in [0.3, 0.4) is 0 Å². The molecule has 0 atom stereocenters. The Hall–Kier alpha value is -0.990. The molecule has 0 bridgehead atoms. The summed E-state index contributed by atoms with van der Waals surface area (Å²) in [6.07, 6.45) is 7.15. The zero-order valence-corrected chi connectivity index (χ0v) is 9.30. The maximum atomic E-state index is 11.3. The Balaban J connectivity index is 2.07. The lowest BCUT2D eigenvalue weighted by Crippen LogP contribution is -2.30. The van der Waals surface area contributed by atoms with Gasteiger partial charge in [0.1, 0.15) is 0 Å². The second-order valence-corrected chi connectivity index (χ2v) is 4.37. The molecule has 1 fully saturated rings. The molecule has 2 N–H and O–H groups in total. The number of hydrogen-bond acceptors (Lipinski definition) is 2. The molecule has 0 saturated heterocycles. The van der Waals surface area contributed by atoms with E-state index in [1.165, 1.54) is 32.1 Å². The molecule has 3 nitrogen and oxygen atoms in total. The van der Waals surface area contributed by atoms with Gasteiger partial charge in [-0.15, -0.1) is 0 Å². The number of aliphatic hydroxyl groups is 1. The number of rotatable bonds is 5. The summed E-state index contributed by atoms with van der Waals surface area (Å²) in [7, 11) is 0. The average Bonchev–Trinajstić information content (AvgIpc) is 2.25. The third-order valence-corrected chi connectivity index (χ3v) is 2.95. The van der Waals surface area contributed by atoms with Gasteiger partial charge in [-0.25, -0.2) is 0 Å². The minimum Gasteiger partial charge on any atom is -0.513 e. The fourth-order valence-corrected chi connectivity index (χ4v) is 2.00. The number of aliphatic hydroxyl groups excluding tert-OH is 1. The van der Waals surface area contributed by atoms with E-state index in [4.69, 9.17) is 5.11 Å². The number of carbonyl (C=O) groups is 1. The Morgan fingerprint density at radius 2 is 1.93 bits per heavy atom. The Morgan fingerprint density at radius 1 is 1.27 bits per heavy atom. The minimum atomic E-state index is 0.0239. The molecule has 0 aromatic heterocycles. The van der Waals surface area contributed by atoms with Gasteiger partial charge in [0.15, 0.2) is 0 Å². The molecule has 3 heteroatoms. The van der Waals surface area contributed by atoms with Gasteiger partial charge in [-0.05, 0) is 18.8 Å². The second-order valence-electron chi connectivity index (χ2n) is 4.37. The standard InChI is InChI=1S/C12H21NO2/c1-10(14)7-8-12(15)13-9-11-5-3-2-4-6-11/h11,14H,1-9H2,(H,13,15). The van der Waals surface area contributed by atoms with E-state index in [9.17, 15) is 4.79 Å². The summed E-state index contributed by atoms with van der Waals surface area (Å²) in [4.78, 5) is 11.3. The van der Waals surface area contributed by atoms with Gasteiger partial charge in [-0.1, -0.05) is 25.8 Å². The van der Waals surface area contributed by atoms with Gasteiger partial charge >= 0.3 is 0 Å². The third kappa shape index (κ3) is 5.45. The fourth-order valence-electron chi connectivity index (χ4n) is 2.00. The average molecular weight is 211 g/mol. The lowest BCUT2D eigenvalue weighted by molar-refractivity contribution is -0.121. The Labute approximate surface area is 91.6 Å². The van der Waals surface area contributed by atoms with Gasteiger partial charge < -0.3 is 10.4 Å². The molecule has 0 aromatic rings. The smallest absolute Gasteiger partial charge is 0.220 e. The van der Waals surface area contributed by atoms with Crippen LogP contribution in [0.15, 0.2) is 12.3 Å². The van der Waals surface area contributed by atoms with Gasteiger partial charge in [0.25, 0.3) is 0 Å². The molecule has 0 heterocycles. The summed E-state index contributed by atoms with van der Waals surface area (Å²) < 4.78 is 0. The van der Waals surface area contributed by atoms with Crippen molar-refractivity contribution in [2.75, 3.05) is 6.54 Å². The van der Waals surface area contributed by atoms with E-state index in [-0.39, 0.29) is 11.7 Å². The summed E-state index contributed by atoms with van der Waals surface area (Å²) in [5.74, 6) is 0.776. The van der Waals surface area contributed by atoms with Crippen LogP contribution in [0.5, 0.6) is 0 Å². The van der Waals surface area contributed by atoms with Crippen molar-refractivity contribution in [3.05, 3.63) is 12.3 Å². The highest BCUT2D eigenvalue weighted by molar-refractivity contribution is 5.76. The van der Waals surface area contributed by atoms with Gasteiger partial charge in [0.2, 0.25) is 5.91 Å². The van der Waals surface area contributed by atoms with Crippen molar-refractivity contribution in [3.8, 4) is 0 Å². The summed E-state index contributed by atoms with van der Waals surface area (Å²) in [6.45, 7) is 4.15. The van der Waals surface area contributed by atoms with Crippen molar-refractivity contribution in [2.24, 2.45) is 5.92 Å². The van der Waals surface area contributed by atoms with E-state index >= 15 is 0 Å². The molecule has 0 spiro atoms. The van der Waals surface area contributed by atoms with Crippen molar-refractivity contribution in [2.45, 2.75) is 44.9 Å². The molecule has 1 rings (SSSR count). The van der Waals surface area contributed by atoms with Crippen molar-refractivity contribution in [1.82, 2.24) is 5.32 Å². The van der Waals surface area contributed by atoms with Crippen LogP contribution < -0.4 is 5.32 Å². The van der Waals surface area contributed by atoms with Crippen molar-refractivity contribution in [1.29, 1.82) is 0 Å². The normalized spacial score (nSPS) is 17.3. The van der Waals surface area contributed by atoms with Crippen LogP contribution in [0, 0.1) is 5.92 Å². The molecule has 1 saturated carbocycles. The summed E-state index contributed by atoms with van der Waals surface area (Å²) in [5.41, 5.74) is 0. The van der Waals surface area contributed by atoms with E-state index < -0.39 is 0 Å². The predicted molar refractivity (Wildman–Crippen MR) is 60.6 cm³/mol. The Bertz CT molecular complexity index is 220. The quantitative estimate of drug-likeness (QED) is 0.686. The second kappa shape index (κ2) is 6.49. The SMILES string of the molecule is C=C(O)CCC(=O)NCC1CCCCC1. The lowest BCUT2D eigenvalue weighted by atomic mass is 9.89. The highest BCUT2D eigenvalue weighted by Gasteiger charge is 2.13. The molecular weight excluding hydrogens is 190 g/mol. The van der Waals surface area contributed by atoms with E-state index in [0.29, 0.717) is 18.8 Å². The molecular formula is C12H21NO2. The molecule has 1 aliphatic carbocycles. The predicted octanol–water partition coefficient (Wildman–Crippen LogP) is 2.53. The van der Waals surface area contributed by atoms with Gasteiger partial charge in [0.05, 0.1) is 5.76 Å². The van der Waals surface area contributed by atoms with Crippen molar-refractivity contribution < 1.29 is 9.90 Å². The number of nitrogens with one attached hydrogen (secondary N) is 1. The summed E-state index contributed by atoms with van der Waals surface area (Å²) >= 11 is 0. The molecule has 86 valence electrons. The molecule has 15 heavy (non-hydrogen) atoms. The van der Waals surface area contributed by atoms with Crippen LogP contribution in [-0.4, -0.2) is 17.6 Å². The molecule has 0 aliphatic heterocycles. The van der Waals surface area contributed by atoms with E-state index in [1.54, 1.807) is 0 Å². The van der Waals surface area contributed by atoms with E-state index in [2.05, 4.69) is 11.9 Å². The first-order chi connectivity index (χ1) is 7.18. The minimum absolute atomic E-state index is 0.0239. The molecule has 0 unspecified atom stereocenters. The van der Waals surface area contributed by atoms with Crippen molar-refractivity contribution >= 4 is 5.91 Å². The number of allylic oxidation sites excluding steroid dienone is 1. The molecule has 0 aromatic carbocycles. The molecule has 1 aliphatic rings. The maximum Gasteiger partial charge on any atom is 0.220 e. The summed E-state index contributed by atoms with van der Waals surface area (Å²) in [6, 6.07) is 0. The monoisotopic (exact) mass is 211 g/mol. The van der Waals surface area contributed by atoms with Crippen molar-refractivity contribution in [3.63, 3.8) is 0 Å². The number of hydrogen-bond donors (Lipinski definition) is 2. The molecule has 1 amide bonds. The van der Waals surface area contributed by atoms with Gasteiger partial charge in [0, 0.05) is 19.4 Å². The lowest BCUT2D eigenvalue weighted by Gasteiger charge is -2.21. The fraction of sp³-hybridized carbons (Fsp3) is 0.750. The van der Waals surface area contributed by atoms with E-state index in [1.807, 2.05) is 0 Å².